The Hall–Kier alpha value is -0.860. The van der Waals surface area contributed by atoms with Crippen molar-refractivity contribution in [3.05, 3.63) is 35.9 Å². The number of hydrogen-bond donors (Lipinski definition) is 0. The molecule has 0 saturated carbocycles. The van der Waals surface area contributed by atoms with E-state index in [1.165, 1.54) is 5.56 Å². The van der Waals surface area contributed by atoms with E-state index in [0.29, 0.717) is 0 Å². The van der Waals surface area contributed by atoms with E-state index in [2.05, 4.69) is 31.2 Å². The maximum Gasteiger partial charge on any atom is 0.0657 e. The minimum absolute atomic E-state index is 0.737. The molecule has 1 aromatic carbocycles. The first kappa shape index (κ1) is 10.2. The van der Waals surface area contributed by atoms with Gasteiger partial charge in [-0.25, -0.2) is 0 Å². The Balaban J connectivity index is 2.46. The van der Waals surface area contributed by atoms with Crippen molar-refractivity contribution in [3.63, 3.8) is 0 Å². The topological polar surface area (TPSA) is 12.5 Å². The molecule has 13 heavy (non-hydrogen) atoms. The van der Waals surface area contributed by atoms with E-state index in [9.17, 15) is 0 Å². The predicted molar refractivity (Wildman–Crippen MR) is 54.2 cm³/mol. The first-order valence-electron chi connectivity index (χ1n) is 4.78. The Morgan fingerprint density at radius 3 is 2.38 bits per heavy atom. The molecule has 0 fully saturated rings. The minimum atomic E-state index is 0.737. The molecule has 2 heteroatoms. The molecule has 0 aromatic heterocycles. The first-order valence-corrected chi connectivity index (χ1v) is 4.78. The quantitative estimate of drug-likeness (QED) is 0.644. The summed E-state index contributed by atoms with van der Waals surface area (Å²) in [5, 5.41) is 1.97. The van der Waals surface area contributed by atoms with E-state index >= 15 is 0 Å². The molecule has 0 spiro atoms. The van der Waals surface area contributed by atoms with Crippen molar-refractivity contribution < 1.29 is 4.84 Å². The van der Waals surface area contributed by atoms with Crippen molar-refractivity contribution in [3.8, 4) is 0 Å². The lowest BCUT2D eigenvalue weighted by atomic mass is 10.2. The Kier molecular flexibility index (Phi) is 4.50. The number of benzene rings is 1. The zero-order valence-electron chi connectivity index (χ0n) is 8.36. The third kappa shape index (κ3) is 3.57. The third-order valence-corrected chi connectivity index (χ3v) is 1.87. The van der Waals surface area contributed by atoms with E-state index in [1.807, 2.05) is 18.1 Å². The van der Waals surface area contributed by atoms with Gasteiger partial charge in [-0.2, -0.15) is 5.06 Å². The van der Waals surface area contributed by atoms with Crippen LogP contribution in [0.1, 0.15) is 19.4 Å². The molecule has 0 radical (unpaired) electrons. The fourth-order valence-corrected chi connectivity index (χ4v) is 1.22. The summed E-state index contributed by atoms with van der Waals surface area (Å²) in [6, 6.07) is 10.4. The van der Waals surface area contributed by atoms with Gasteiger partial charge in [0.15, 0.2) is 0 Å². The standard InChI is InChI=1S/C11H17NO/c1-3-12(13-4-2)10-11-8-6-5-7-9-11/h5-9H,3-4,10H2,1-2H3. The summed E-state index contributed by atoms with van der Waals surface area (Å²) >= 11 is 0. The van der Waals surface area contributed by atoms with Gasteiger partial charge in [0.1, 0.15) is 0 Å². The van der Waals surface area contributed by atoms with Crippen molar-refractivity contribution in [2.75, 3.05) is 13.2 Å². The van der Waals surface area contributed by atoms with Crippen molar-refractivity contribution in [2.24, 2.45) is 0 Å². The molecule has 1 rings (SSSR count). The van der Waals surface area contributed by atoms with Crippen molar-refractivity contribution in [1.29, 1.82) is 0 Å². The number of hydrogen-bond acceptors (Lipinski definition) is 2. The van der Waals surface area contributed by atoms with Gasteiger partial charge in [-0.15, -0.1) is 0 Å². The van der Waals surface area contributed by atoms with Gasteiger partial charge in [0, 0.05) is 13.1 Å². The average molecular weight is 179 g/mol. The first-order chi connectivity index (χ1) is 6.36. The van der Waals surface area contributed by atoms with Crippen LogP contribution in [-0.4, -0.2) is 18.2 Å². The van der Waals surface area contributed by atoms with Crippen LogP contribution in [0, 0.1) is 0 Å². The highest BCUT2D eigenvalue weighted by Gasteiger charge is 2.01. The Morgan fingerprint density at radius 2 is 1.85 bits per heavy atom. The van der Waals surface area contributed by atoms with Gasteiger partial charge in [-0.1, -0.05) is 37.3 Å². The molecule has 0 aliphatic rings. The number of nitrogens with zero attached hydrogens (tertiary/aromatic N) is 1. The Labute approximate surface area is 80.1 Å². The zero-order chi connectivity index (χ0) is 9.52. The zero-order valence-corrected chi connectivity index (χ0v) is 8.36. The molecule has 0 N–H and O–H groups in total. The lowest BCUT2D eigenvalue weighted by Gasteiger charge is -2.18. The van der Waals surface area contributed by atoms with Gasteiger partial charge in [0.2, 0.25) is 0 Å². The van der Waals surface area contributed by atoms with Gasteiger partial charge < -0.3 is 0 Å². The molecular weight excluding hydrogens is 162 g/mol. The summed E-state index contributed by atoms with van der Waals surface area (Å²) < 4.78 is 0. The van der Waals surface area contributed by atoms with E-state index in [-0.39, 0.29) is 0 Å². The van der Waals surface area contributed by atoms with E-state index in [0.717, 1.165) is 19.7 Å². The second-order valence-electron chi connectivity index (χ2n) is 2.86. The van der Waals surface area contributed by atoms with Crippen LogP contribution in [0.4, 0.5) is 0 Å². The Morgan fingerprint density at radius 1 is 1.15 bits per heavy atom. The van der Waals surface area contributed by atoms with Crippen LogP contribution in [0.3, 0.4) is 0 Å². The van der Waals surface area contributed by atoms with Crippen molar-refractivity contribution in [2.45, 2.75) is 20.4 Å². The van der Waals surface area contributed by atoms with Crippen LogP contribution in [0.2, 0.25) is 0 Å². The fraction of sp³-hybridized carbons (Fsp3) is 0.455. The van der Waals surface area contributed by atoms with Crippen LogP contribution in [0.15, 0.2) is 30.3 Å². The summed E-state index contributed by atoms with van der Waals surface area (Å²) in [5.41, 5.74) is 1.29. The van der Waals surface area contributed by atoms with Crippen LogP contribution < -0.4 is 0 Å². The summed E-state index contributed by atoms with van der Waals surface area (Å²) in [6.45, 7) is 6.63. The molecule has 0 heterocycles. The predicted octanol–water partition coefficient (Wildman–Crippen LogP) is 2.46. The van der Waals surface area contributed by atoms with E-state index in [4.69, 9.17) is 4.84 Å². The normalized spacial score (nSPS) is 10.7. The molecule has 1 aromatic rings. The maximum absolute atomic E-state index is 5.43. The fourth-order valence-electron chi connectivity index (χ4n) is 1.22. The average Bonchev–Trinajstić information content (AvgIpc) is 2.19. The lowest BCUT2D eigenvalue weighted by Crippen LogP contribution is -2.22. The van der Waals surface area contributed by atoms with E-state index in [1.54, 1.807) is 0 Å². The third-order valence-electron chi connectivity index (χ3n) is 1.87. The highest BCUT2D eigenvalue weighted by atomic mass is 16.7. The molecule has 0 aliphatic carbocycles. The monoisotopic (exact) mass is 179 g/mol. The summed E-state index contributed by atoms with van der Waals surface area (Å²) in [7, 11) is 0. The highest BCUT2D eigenvalue weighted by Crippen LogP contribution is 2.03. The minimum Gasteiger partial charge on any atom is -0.299 e. The largest absolute Gasteiger partial charge is 0.299 e. The molecule has 0 bridgehead atoms. The van der Waals surface area contributed by atoms with E-state index < -0.39 is 0 Å². The molecule has 0 saturated heterocycles. The van der Waals surface area contributed by atoms with Crippen LogP contribution in [-0.2, 0) is 11.4 Å². The molecule has 0 atom stereocenters. The summed E-state index contributed by atoms with van der Waals surface area (Å²) in [6.07, 6.45) is 0. The van der Waals surface area contributed by atoms with Gasteiger partial charge >= 0.3 is 0 Å². The Bertz CT molecular complexity index is 223. The highest BCUT2D eigenvalue weighted by molar-refractivity contribution is 5.13. The van der Waals surface area contributed by atoms with Crippen molar-refractivity contribution >= 4 is 0 Å². The number of rotatable bonds is 5. The SMILES string of the molecule is CCON(CC)Cc1ccccc1. The molecule has 72 valence electrons. The van der Waals surface area contributed by atoms with Gasteiger partial charge in [-0.3, -0.25) is 4.84 Å². The maximum atomic E-state index is 5.43. The lowest BCUT2D eigenvalue weighted by molar-refractivity contribution is -0.158. The molecule has 2 nitrogen and oxygen atoms in total. The molecular formula is C11H17NO. The molecule has 0 amide bonds. The second kappa shape index (κ2) is 5.73. The summed E-state index contributed by atoms with van der Waals surface area (Å²) in [4.78, 5) is 5.43. The van der Waals surface area contributed by atoms with Gasteiger partial charge in [-0.05, 0) is 12.5 Å². The van der Waals surface area contributed by atoms with Crippen molar-refractivity contribution in [1.82, 2.24) is 5.06 Å². The van der Waals surface area contributed by atoms with Gasteiger partial charge in [0.05, 0.1) is 6.61 Å². The molecule has 0 aliphatic heterocycles. The summed E-state index contributed by atoms with van der Waals surface area (Å²) in [5.74, 6) is 0. The second-order valence-corrected chi connectivity index (χ2v) is 2.86. The number of hydroxylamine groups is 2. The van der Waals surface area contributed by atoms with Crippen LogP contribution in [0.25, 0.3) is 0 Å². The smallest absolute Gasteiger partial charge is 0.0657 e. The van der Waals surface area contributed by atoms with Crippen LogP contribution in [0.5, 0.6) is 0 Å². The molecule has 0 unspecified atom stereocenters. The van der Waals surface area contributed by atoms with Gasteiger partial charge in [0.25, 0.3) is 0 Å². The van der Waals surface area contributed by atoms with Crippen LogP contribution >= 0.6 is 0 Å².